The molecule has 100 valence electrons. The minimum atomic E-state index is 0.0210. The van der Waals surface area contributed by atoms with Gasteiger partial charge in [0.25, 0.3) is 0 Å². The number of nitrogens with zero attached hydrogens (tertiary/aromatic N) is 3. The van der Waals surface area contributed by atoms with Gasteiger partial charge >= 0.3 is 0 Å². The topological polar surface area (TPSA) is 56.7 Å². The van der Waals surface area contributed by atoms with Crippen molar-refractivity contribution in [2.24, 2.45) is 17.6 Å². The number of rotatable bonds is 3. The lowest BCUT2D eigenvalue weighted by Crippen LogP contribution is -2.25. The second kappa shape index (κ2) is 5.13. The summed E-state index contributed by atoms with van der Waals surface area (Å²) in [7, 11) is 0. The Balaban J connectivity index is 1.92. The maximum atomic E-state index is 6.47. The summed E-state index contributed by atoms with van der Waals surface area (Å²) < 4.78 is 1.87. The van der Waals surface area contributed by atoms with Crippen molar-refractivity contribution in [1.29, 1.82) is 0 Å². The highest BCUT2D eigenvalue weighted by Crippen LogP contribution is 2.38. The molecule has 2 N–H and O–H groups in total. The lowest BCUT2D eigenvalue weighted by atomic mass is 9.89. The van der Waals surface area contributed by atoms with E-state index in [-0.39, 0.29) is 6.04 Å². The van der Waals surface area contributed by atoms with Gasteiger partial charge in [0.15, 0.2) is 0 Å². The first kappa shape index (κ1) is 12.4. The average molecular weight is 256 g/mol. The van der Waals surface area contributed by atoms with Crippen molar-refractivity contribution >= 4 is 0 Å². The molecule has 3 unspecified atom stereocenters. The molecule has 1 aliphatic carbocycles. The number of aromatic nitrogens is 3. The molecule has 0 aliphatic heterocycles. The van der Waals surface area contributed by atoms with Crippen LogP contribution in [0.4, 0.5) is 0 Å². The van der Waals surface area contributed by atoms with Gasteiger partial charge in [-0.1, -0.05) is 43.2 Å². The maximum absolute atomic E-state index is 6.47. The van der Waals surface area contributed by atoms with Crippen molar-refractivity contribution in [3.63, 3.8) is 0 Å². The standard InChI is InChI=1S/C15H20N4/c1-11-6-5-9-13(11)15(16)14-10-17-18-19(14)12-7-3-2-4-8-12/h2-4,7-8,10-11,13,15H,5-6,9,16H2,1H3. The van der Waals surface area contributed by atoms with Crippen LogP contribution in [0.5, 0.6) is 0 Å². The summed E-state index contributed by atoms with van der Waals surface area (Å²) in [6.07, 6.45) is 5.59. The Bertz CT molecular complexity index is 534. The average Bonchev–Trinajstić information content (AvgIpc) is 3.07. The van der Waals surface area contributed by atoms with E-state index < -0.39 is 0 Å². The van der Waals surface area contributed by atoms with Crippen LogP contribution in [0.2, 0.25) is 0 Å². The van der Waals surface area contributed by atoms with Gasteiger partial charge in [-0.2, -0.15) is 0 Å². The Morgan fingerprint density at radius 2 is 2.05 bits per heavy atom. The van der Waals surface area contributed by atoms with Crippen LogP contribution in [0.1, 0.15) is 37.9 Å². The molecule has 0 bridgehead atoms. The molecule has 3 rings (SSSR count). The number of benzene rings is 1. The van der Waals surface area contributed by atoms with Gasteiger partial charge in [-0.05, 0) is 30.4 Å². The molecule has 19 heavy (non-hydrogen) atoms. The van der Waals surface area contributed by atoms with Crippen LogP contribution in [0.3, 0.4) is 0 Å². The van der Waals surface area contributed by atoms with Crippen LogP contribution >= 0.6 is 0 Å². The van der Waals surface area contributed by atoms with Gasteiger partial charge in [-0.15, -0.1) is 5.10 Å². The summed E-state index contributed by atoms with van der Waals surface area (Å²) in [6, 6.07) is 10.1. The molecule has 1 aromatic heterocycles. The Kier molecular flexibility index (Phi) is 3.34. The fourth-order valence-corrected chi connectivity index (χ4v) is 3.17. The van der Waals surface area contributed by atoms with Crippen molar-refractivity contribution in [1.82, 2.24) is 15.0 Å². The van der Waals surface area contributed by atoms with E-state index in [1.807, 2.05) is 41.2 Å². The summed E-state index contributed by atoms with van der Waals surface area (Å²) >= 11 is 0. The predicted octanol–water partition coefficient (Wildman–Crippen LogP) is 2.70. The molecule has 1 aliphatic rings. The minimum absolute atomic E-state index is 0.0210. The first-order valence-electron chi connectivity index (χ1n) is 6.99. The molecule has 1 aromatic carbocycles. The van der Waals surface area contributed by atoms with E-state index >= 15 is 0 Å². The highest BCUT2D eigenvalue weighted by molar-refractivity contribution is 5.32. The van der Waals surface area contributed by atoms with E-state index in [9.17, 15) is 0 Å². The molecule has 0 spiro atoms. The zero-order chi connectivity index (χ0) is 13.2. The van der Waals surface area contributed by atoms with Gasteiger partial charge in [-0.25, -0.2) is 4.68 Å². The quantitative estimate of drug-likeness (QED) is 0.918. The highest BCUT2D eigenvalue weighted by Gasteiger charge is 2.31. The van der Waals surface area contributed by atoms with Crippen LogP contribution < -0.4 is 5.73 Å². The third-order valence-electron chi connectivity index (χ3n) is 4.31. The van der Waals surface area contributed by atoms with Gasteiger partial charge in [0.05, 0.1) is 23.6 Å². The monoisotopic (exact) mass is 256 g/mol. The predicted molar refractivity (Wildman–Crippen MR) is 74.8 cm³/mol. The smallest absolute Gasteiger partial charge is 0.0815 e. The first-order chi connectivity index (χ1) is 9.27. The molecule has 4 heteroatoms. The van der Waals surface area contributed by atoms with E-state index in [0.29, 0.717) is 11.8 Å². The molecule has 0 radical (unpaired) electrons. The molecule has 0 amide bonds. The van der Waals surface area contributed by atoms with Crippen LogP contribution in [-0.4, -0.2) is 15.0 Å². The fraction of sp³-hybridized carbons (Fsp3) is 0.467. The molecule has 2 aromatic rings. The fourth-order valence-electron chi connectivity index (χ4n) is 3.17. The molecule has 0 saturated heterocycles. The van der Waals surface area contributed by atoms with Crippen molar-refractivity contribution in [2.45, 2.75) is 32.2 Å². The van der Waals surface area contributed by atoms with Crippen LogP contribution in [0.25, 0.3) is 5.69 Å². The molecule has 4 nitrogen and oxygen atoms in total. The minimum Gasteiger partial charge on any atom is -0.322 e. The number of hydrogen-bond acceptors (Lipinski definition) is 3. The van der Waals surface area contributed by atoms with Gasteiger partial charge < -0.3 is 5.73 Å². The van der Waals surface area contributed by atoms with Gasteiger partial charge in [0.2, 0.25) is 0 Å². The number of nitrogens with two attached hydrogens (primary N) is 1. The number of para-hydroxylation sites is 1. The summed E-state index contributed by atoms with van der Waals surface area (Å²) in [4.78, 5) is 0. The summed E-state index contributed by atoms with van der Waals surface area (Å²) in [5.41, 5.74) is 8.52. The van der Waals surface area contributed by atoms with Gasteiger partial charge in [-0.3, -0.25) is 0 Å². The second-order valence-corrected chi connectivity index (χ2v) is 5.50. The normalized spacial score (nSPS) is 24.5. The van der Waals surface area contributed by atoms with Crippen LogP contribution in [0, 0.1) is 11.8 Å². The summed E-state index contributed by atoms with van der Waals surface area (Å²) in [5.74, 6) is 1.23. The first-order valence-corrected chi connectivity index (χ1v) is 6.99. The molecule has 3 atom stereocenters. The van der Waals surface area contributed by atoms with E-state index in [0.717, 1.165) is 11.4 Å². The lowest BCUT2D eigenvalue weighted by Gasteiger charge is -2.23. The van der Waals surface area contributed by atoms with Crippen LogP contribution in [0.15, 0.2) is 36.5 Å². The molecular weight excluding hydrogens is 236 g/mol. The van der Waals surface area contributed by atoms with E-state index in [2.05, 4.69) is 17.2 Å². The summed E-state index contributed by atoms with van der Waals surface area (Å²) in [6.45, 7) is 2.30. The zero-order valence-corrected chi connectivity index (χ0v) is 11.2. The Morgan fingerprint density at radius 3 is 2.74 bits per heavy atom. The van der Waals surface area contributed by atoms with Crippen molar-refractivity contribution < 1.29 is 0 Å². The largest absolute Gasteiger partial charge is 0.322 e. The Hall–Kier alpha value is -1.68. The van der Waals surface area contributed by atoms with Crippen molar-refractivity contribution in [3.8, 4) is 5.69 Å². The third kappa shape index (κ3) is 2.28. The van der Waals surface area contributed by atoms with Crippen molar-refractivity contribution in [2.75, 3.05) is 0 Å². The van der Waals surface area contributed by atoms with E-state index in [1.165, 1.54) is 19.3 Å². The lowest BCUT2D eigenvalue weighted by molar-refractivity contribution is 0.342. The third-order valence-corrected chi connectivity index (χ3v) is 4.31. The highest BCUT2D eigenvalue weighted by atomic mass is 15.4. The number of hydrogen-bond donors (Lipinski definition) is 1. The van der Waals surface area contributed by atoms with E-state index in [1.54, 1.807) is 0 Å². The van der Waals surface area contributed by atoms with Gasteiger partial charge in [0, 0.05) is 0 Å². The zero-order valence-electron chi connectivity index (χ0n) is 11.2. The van der Waals surface area contributed by atoms with Gasteiger partial charge in [0.1, 0.15) is 0 Å². The maximum Gasteiger partial charge on any atom is 0.0815 e. The Morgan fingerprint density at radius 1 is 1.26 bits per heavy atom. The Labute approximate surface area is 113 Å². The second-order valence-electron chi connectivity index (χ2n) is 5.50. The molecule has 1 saturated carbocycles. The molecule has 1 fully saturated rings. The van der Waals surface area contributed by atoms with Crippen LogP contribution in [-0.2, 0) is 0 Å². The summed E-state index contributed by atoms with van der Waals surface area (Å²) in [5, 5.41) is 8.24. The van der Waals surface area contributed by atoms with E-state index in [4.69, 9.17) is 5.73 Å². The SMILES string of the molecule is CC1CCCC1C(N)c1cnnn1-c1ccccc1. The molecular formula is C15H20N4. The molecule has 1 heterocycles. The van der Waals surface area contributed by atoms with Crippen molar-refractivity contribution in [3.05, 3.63) is 42.2 Å².